The van der Waals surface area contributed by atoms with Gasteiger partial charge in [-0.2, -0.15) is 0 Å². The normalized spacial score (nSPS) is 41.4. The van der Waals surface area contributed by atoms with Gasteiger partial charge in [-0.1, -0.05) is 25.5 Å². The van der Waals surface area contributed by atoms with E-state index in [1.165, 1.54) is 11.6 Å². The van der Waals surface area contributed by atoms with E-state index in [4.69, 9.17) is 4.74 Å². The minimum Gasteiger partial charge on any atom is -0.425 e. The highest BCUT2D eigenvalue weighted by Gasteiger charge is 2.61. The molecule has 0 aromatic heterocycles. The molecule has 3 unspecified atom stereocenters. The van der Waals surface area contributed by atoms with Gasteiger partial charge < -0.3 is 9.84 Å². The molecule has 3 nitrogen and oxygen atoms in total. The number of aliphatic hydroxyl groups is 1. The monoisotopic (exact) mass is 248 g/mol. The lowest BCUT2D eigenvalue weighted by molar-refractivity contribution is -0.247. The van der Waals surface area contributed by atoms with Crippen molar-refractivity contribution < 1.29 is 14.6 Å². The molecule has 0 aromatic rings. The molecular weight excluding hydrogens is 228 g/mol. The van der Waals surface area contributed by atoms with Crippen molar-refractivity contribution in [1.82, 2.24) is 0 Å². The number of carbonyl (C=O) groups excluding carboxylic acids is 1. The Morgan fingerprint density at radius 2 is 2.17 bits per heavy atom. The summed E-state index contributed by atoms with van der Waals surface area (Å²) in [5, 5.41) is 10.8. The standard InChI is InChI=1S/C15H20O3/c1-9-4-5-12-10(6-9)7-11-8-13(16)18-15(11,17)14(12,2)3/h6,8,10,12,17H,4-5,7H2,1-3H3. The van der Waals surface area contributed by atoms with Crippen LogP contribution in [0.4, 0.5) is 0 Å². The Labute approximate surface area is 108 Å². The summed E-state index contributed by atoms with van der Waals surface area (Å²) in [4.78, 5) is 11.5. The predicted octanol–water partition coefficient (Wildman–Crippen LogP) is 2.56. The molecular formula is C15H20O3. The summed E-state index contributed by atoms with van der Waals surface area (Å²) in [6.07, 6.45) is 6.68. The molecule has 1 aliphatic heterocycles. The first-order valence-corrected chi connectivity index (χ1v) is 6.68. The zero-order valence-electron chi connectivity index (χ0n) is 11.2. The second kappa shape index (κ2) is 3.47. The van der Waals surface area contributed by atoms with Gasteiger partial charge >= 0.3 is 5.97 Å². The molecule has 18 heavy (non-hydrogen) atoms. The van der Waals surface area contributed by atoms with Gasteiger partial charge in [0.1, 0.15) is 0 Å². The van der Waals surface area contributed by atoms with Crippen LogP contribution in [-0.2, 0) is 9.53 Å². The average molecular weight is 248 g/mol. The molecule has 0 amide bonds. The van der Waals surface area contributed by atoms with Crippen LogP contribution in [0.3, 0.4) is 0 Å². The van der Waals surface area contributed by atoms with Crippen LogP contribution in [0, 0.1) is 17.3 Å². The van der Waals surface area contributed by atoms with Gasteiger partial charge in [0.25, 0.3) is 0 Å². The van der Waals surface area contributed by atoms with E-state index in [1.807, 2.05) is 13.8 Å². The van der Waals surface area contributed by atoms with Crippen molar-refractivity contribution >= 4 is 5.97 Å². The molecule has 3 heteroatoms. The third-order valence-corrected chi connectivity index (χ3v) is 5.10. The average Bonchev–Trinajstić information content (AvgIpc) is 2.54. The van der Waals surface area contributed by atoms with Gasteiger partial charge in [0, 0.05) is 17.1 Å². The minimum atomic E-state index is -1.38. The molecule has 1 fully saturated rings. The Morgan fingerprint density at radius 1 is 1.44 bits per heavy atom. The Hall–Kier alpha value is -1.09. The van der Waals surface area contributed by atoms with E-state index in [0.717, 1.165) is 24.8 Å². The number of hydrogen-bond donors (Lipinski definition) is 1. The Bertz CT molecular complexity index is 472. The van der Waals surface area contributed by atoms with E-state index in [9.17, 15) is 9.90 Å². The summed E-state index contributed by atoms with van der Waals surface area (Å²) in [6.45, 7) is 6.20. The van der Waals surface area contributed by atoms with Crippen molar-refractivity contribution in [2.24, 2.45) is 17.3 Å². The van der Waals surface area contributed by atoms with E-state index < -0.39 is 17.2 Å². The van der Waals surface area contributed by atoms with Gasteiger partial charge in [-0.15, -0.1) is 0 Å². The second-order valence-electron chi connectivity index (χ2n) is 6.48. The second-order valence-corrected chi connectivity index (χ2v) is 6.48. The summed E-state index contributed by atoms with van der Waals surface area (Å²) in [6, 6.07) is 0. The SMILES string of the molecule is CC1=CC2CC3=CC(=O)OC3(O)C(C)(C)C2CC1. The highest BCUT2D eigenvalue weighted by atomic mass is 16.7. The topological polar surface area (TPSA) is 46.5 Å². The molecule has 98 valence electrons. The molecule has 0 saturated heterocycles. The van der Waals surface area contributed by atoms with Crippen molar-refractivity contribution in [1.29, 1.82) is 0 Å². The lowest BCUT2D eigenvalue weighted by Crippen LogP contribution is -2.56. The van der Waals surface area contributed by atoms with E-state index in [1.54, 1.807) is 0 Å². The number of carbonyl (C=O) groups is 1. The molecule has 3 atom stereocenters. The number of esters is 1. The highest BCUT2D eigenvalue weighted by Crippen LogP contribution is 2.58. The third kappa shape index (κ3) is 1.37. The van der Waals surface area contributed by atoms with E-state index >= 15 is 0 Å². The van der Waals surface area contributed by atoms with Crippen LogP contribution < -0.4 is 0 Å². The zero-order valence-corrected chi connectivity index (χ0v) is 11.2. The Kier molecular flexibility index (Phi) is 2.31. The van der Waals surface area contributed by atoms with Crippen LogP contribution in [0.15, 0.2) is 23.3 Å². The van der Waals surface area contributed by atoms with Crippen LogP contribution >= 0.6 is 0 Å². The van der Waals surface area contributed by atoms with Crippen molar-refractivity contribution in [3.05, 3.63) is 23.3 Å². The lowest BCUT2D eigenvalue weighted by Gasteiger charge is -2.53. The first kappa shape index (κ1) is 12.0. The summed E-state index contributed by atoms with van der Waals surface area (Å²) >= 11 is 0. The van der Waals surface area contributed by atoms with E-state index in [0.29, 0.717) is 11.8 Å². The summed E-state index contributed by atoms with van der Waals surface area (Å²) in [5.41, 5.74) is 1.75. The molecule has 1 saturated carbocycles. The van der Waals surface area contributed by atoms with Gasteiger partial charge in [0.05, 0.1) is 0 Å². The lowest BCUT2D eigenvalue weighted by atomic mass is 9.56. The van der Waals surface area contributed by atoms with Crippen molar-refractivity contribution in [2.75, 3.05) is 0 Å². The van der Waals surface area contributed by atoms with Gasteiger partial charge in [0.15, 0.2) is 0 Å². The molecule has 0 radical (unpaired) electrons. The number of hydrogen-bond acceptors (Lipinski definition) is 3. The summed E-state index contributed by atoms with van der Waals surface area (Å²) in [7, 11) is 0. The van der Waals surface area contributed by atoms with Gasteiger partial charge in [-0.05, 0) is 38.0 Å². The third-order valence-electron chi connectivity index (χ3n) is 5.10. The largest absolute Gasteiger partial charge is 0.425 e. The zero-order chi connectivity index (χ0) is 13.1. The molecule has 0 aromatic carbocycles. The molecule has 1 N–H and O–H groups in total. The van der Waals surface area contributed by atoms with E-state index in [-0.39, 0.29) is 0 Å². The maximum Gasteiger partial charge on any atom is 0.333 e. The molecule has 2 aliphatic carbocycles. The van der Waals surface area contributed by atoms with Crippen LogP contribution in [0.2, 0.25) is 0 Å². The number of rotatable bonds is 0. The first-order valence-electron chi connectivity index (χ1n) is 6.68. The summed E-state index contributed by atoms with van der Waals surface area (Å²) in [5.74, 6) is -0.992. The number of ether oxygens (including phenoxy) is 1. The van der Waals surface area contributed by atoms with Crippen LogP contribution in [0.5, 0.6) is 0 Å². The minimum absolute atomic E-state index is 0.370. The fourth-order valence-electron chi connectivity index (χ4n) is 3.99. The number of fused-ring (bicyclic) bond motifs is 2. The van der Waals surface area contributed by atoms with Crippen molar-refractivity contribution in [3.8, 4) is 0 Å². The van der Waals surface area contributed by atoms with Crippen LogP contribution in [-0.4, -0.2) is 16.9 Å². The molecule has 3 rings (SSSR count). The Morgan fingerprint density at radius 3 is 2.89 bits per heavy atom. The fraction of sp³-hybridized carbons (Fsp3) is 0.667. The smallest absolute Gasteiger partial charge is 0.333 e. The van der Waals surface area contributed by atoms with Gasteiger partial charge in [0.2, 0.25) is 5.79 Å². The maximum absolute atomic E-state index is 11.5. The van der Waals surface area contributed by atoms with E-state index in [2.05, 4.69) is 13.0 Å². The van der Waals surface area contributed by atoms with Crippen LogP contribution in [0.1, 0.15) is 40.0 Å². The number of allylic oxidation sites excluding steroid dienone is 2. The first-order chi connectivity index (χ1) is 8.34. The van der Waals surface area contributed by atoms with Gasteiger partial charge in [-0.25, -0.2) is 4.79 Å². The van der Waals surface area contributed by atoms with Crippen molar-refractivity contribution in [2.45, 2.75) is 45.8 Å². The summed E-state index contributed by atoms with van der Waals surface area (Å²) < 4.78 is 5.25. The highest BCUT2D eigenvalue weighted by molar-refractivity contribution is 5.86. The fourth-order valence-corrected chi connectivity index (χ4v) is 3.99. The molecule has 1 heterocycles. The predicted molar refractivity (Wildman–Crippen MR) is 67.5 cm³/mol. The molecule has 0 bridgehead atoms. The molecule has 3 aliphatic rings. The molecule has 0 spiro atoms. The maximum atomic E-state index is 11.5. The van der Waals surface area contributed by atoms with Gasteiger partial charge in [-0.3, -0.25) is 0 Å². The Balaban J connectivity index is 2.07. The van der Waals surface area contributed by atoms with Crippen LogP contribution in [0.25, 0.3) is 0 Å². The van der Waals surface area contributed by atoms with Crippen molar-refractivity contribution in [3.63, 3.8) is 0 Å². The quantitative estimate of drug-likeness (QED) is 0.529.